The van der Waals surface area contributed by atoms with Gasteiger partial charge in [0.05, 0.1) is 0 Å². The van der Waals surface area contributed by atoms with Gasteiger partial charge in [0.15, 0.2) is 0 Å². The number of hydrogen-bond acceptors (Lipinski definition) is 4. The van der Waals surface area contributed by atoms with Gasteiger partial charge in [-0.1, -0.05) is 6.07 Å². The lowest BCUT2D eigenvalue weighted by Gasteiger charge is -2.25. The Bertz CT molecular complexity index is 643. The molecule has 1 atom stereocenters. The molecule has 0 spiro atoms. The molecule has 1 aliphatic carbocycles. The zero-order valence-corrected chi connectivity index (χ0v) is 11.5. The molecule has 0 saturated heterocycles. The van der Waals surface area contributed by atoms with Crippen molar-refractivity contribution in [3.63, 3.8) is 0 Å². The van der Waals surface area contributed by atoms with E-state index < -0.39 is 5.91 Å². The number of rotatable bonds is 3. The monoisotopic (exact) mass is 284 g/mol. The molecule has 3 rings (SSSR count). The Morgan fingerprint density at radius 1 is 1.24 bits per heavy atom. The van der Waals surface area contributed by atoms with Crippen LogP contribution in [0.3, 0.4) is 0 Å². The van der Waals surface area contributed by atoms with Crippen molar-refractivity contribution in [2.24, 2.45) is 0 Å². The summed E-state index contributed by atoms with van der Waals surface area (Å²) < 4.78 is 5.95. The molecule has 0 radical (unpaired) electrons. The summed E-state index contributed by atoms with van der Waals surface area (Å²) in [6.07, 6.45) is 6.14. The van der Waals surface area contributed by atoms with E-state index in [1.165, 1.54) is 5.56 Å². The van der Waals surface area contributed by atoms with Gasteiger partial charge in [0, 0.05) is 24.4 Å². The van der Waals surface area contributed by atoms with Crippen LogP contribution in [0.2, 0.25) is 0 Å². The zero-order valence-electron chi connectivity index (χ0n) is 11.5. The van der Waals surface area contributed by atoms with Crippen LogP contribution in [-0.2, 0) is 12.8 Å². The molecule has 0 bridgehead atoms. The second kappa shape index (κ2) is 5.93. The predicted molar refractivity (Wildman–Crippen MR) is 76.4 cm³/mol. The summed E-state index contributed by atoms with van der Waals surface area (Å²) in [7, 11) is 0. The Labute approximate surface area is 122 Å². The fourth-order valence-electron chi connectivity index (χ4n) is 2.64. The van der Waals surface area contributed by atoms with Crippen molar-refractivity contribution in [2.45, 2.75) is 25.4 Å². The number of amides is 1. The number of pyridine rings is 1. The Morgan fingerprint density at radius 2 is 2.05 bits per heavy atom. The van der Waals surface area contributed by atoms with E-state index in [1.807, 2.05) is 24.3 Å². The van der Waals surface area contributed by atoms with Crippen LogP contribution >= 0.6 is 0 Å². The number of fused-ring (bicyclic) bond motifs is 1. The lowest BCUT2D eigenvalue weighted by atomic mass is 9.88. The molecule has 5 nitrogen and oxygen atoms in total. The van der Waals surface area contributed by atoms with Gasteiger partial charge >= 0.3 is 0 Å². The fraction of sp³-hybridized carbons (Fsp3) is 0.250. The van der Waals surface area contributed by atoms with Crippen LogP contribution in [0.1, 0.15) is 27.9 Å². The maximum Gasteiger partial charge on any atom is 0.274 e. The number of nitrogens with one attached hydrogen (secondary N) is 1. The molecular weight excluding hydrogens is 268 g/mol. The minimum Gasteiger partial charge on any atom is -0.490 e. The molecule has 2 aromatic rings. The first-order valence-electron chi connectivity index (χ1n) is 6.89. The van der Waals surface area contributed by atoms with Crippen LogP contribution in [0.4, 0.5) is 0 Å². The summed E-state index contributed by atoms with van der Waals surface area (Å²) in [6.45, 7) is 0. The third-order valence-corrected chi connectivity index (χ3v) is 3.71. The van der Waals surface area contributed by atoms with Crippen molar-refractivity contribution in [1.82, 2.24) is 10.5 Å². The van der Waals surface area contributed by atoms with E-state index in [-0.39, 0.29) is 6.10 Å². The van der Waals surface area contributed by atoms with Crippen molar-refractivity contribution in [3.05, 3.63) is 59.4 Å². The maximum atomic E-state index is 11.4. The molecule has 1 unspecified atom stereocenters. The van der Waals surface area contributed by atoms with E-state index in [2.05, 4.69) is 4.98 Å². The summed E-state index contributed by atoms with van der Waals surface area (Å²) in [6, 6.07) is 9.19. The van der Waals surface area contributed by atoms with Crippen LogP contribution in [0.15, 0.2) is 42.7 Å². The SMILES string of the molecule is O=C(NO)c1ccc2c(c1)CCC(Oc1ccncc1)C2. The number of aryl methyl sites for hydroxylation is 1. The van der Waals surface area contributed by atoms with Crippen LogP contribution < -0.4 is 10.2 Å². The normalized spacial score (nSPS) is 16.9. The molecule has 0 aliphatic heterocycles. The molecule has 108 valence electrons. The fourth-order valence-corrected chi connectivity index (χ4v) is 2.64. The highest BCUT2D eigenvalue weighted by Gasteiger charge is 2.21. The maximum absolute atomic E-state index is 11.4. The summed E-state index contributed by atoms with van der Waals surface area (Å²) in [4.78, 5) is 15.4. The molecule has 1 amide bonds. The smallest absolute Gasteiger partial charge is 0.274 e. The Hall–Kier alpha value is -2.40. The molecule has 2 N–H and O–H groups in total. The highest BCUT2D eigenvalue weighted by molar-refractivity contribution is 5.93. The number of ether oxygens (including phenoxy) is 1. The quantitative estimate of drug-likeness (QED) is 0.669. The number of hydroxylamine groups is 1. The van der Waals surface area contributed by atoms with Gasteiger partial charge < -0.3 is 4.74 Å². The Morgan fingerprint density at radius 3 is 2.81 bits per heavy atom. The Balaban J connectivity index is 1.73. The number of hydrogen-bond donors (Lipinski definition) is 2. The van der Waals surface area contributed by atoms with Gasteiger partial charge in [-0.05, 0) is 48.2 Å². The largest absolute Gasteiger partial charge is 0.490 e. The third kappa shape index (κ3) is 3.03. The van der Waals surface area contributed by atoms with E-state index in [0.29, 0.717) is 5.56 Å². The number of aromatic nitrogens is 1. The van der Waals surface area contributed by atoms with Crippen LogP contribution in [0.5, 0.6) is 5.75 Å². The van der Waals surface area contributed by atoms with Gasteiger partial charge in [-0.3, -0.25) is 15.0 Å². The number of carbonyl (C=O) groups is 1. The molecule has 1 heterocycles. The number of nitrogens with zero attached hydrogens (tertiary/aromatic N) is 1. The highest BCUT2D eigenvalue weighted by Crippen LogP contribution is 2.25. The molecule has 1 aromatic heterocycles. The van der Waals surface area contributed by atoms with E-state index in [0.717, 1.165) is 30.6 Å². The van der Waals surface area contributed by atoms with Crippen LogP contribution in [-0.4, -0.2) is 22.2 Å². The first-order chi connectivity index (χ1) is 10.3. The van der Waals surface area contributed by atoms with Gasteiger partial charge in [-0.2, -0.15) is 0 Å². The summed E-state index contributed by atoms with van der Waals surface area (Å²) >= 11 is 0. The molecule has 0 saturated carbocycles. The van der Waals surface area contributed by atoms with E-state index >= 15 is 0 Å². The molecular formula is C16H16N2O3. The van der Waals surface area contributed by atoms with Gasteiger partial charge in [0.25, 0.3) is 5.91 Å². The van der Waals surface area contributed by atoms with Gasteiger partial charge in [0.2, 0.25) is 0 Å². The van der Waals surface area contributed by atoms with Gasteiger partial charge in [0.1, 0.15) is 11.9 Å². The van der Waals surface area contributed by atoms with Crippen molar-refractivity contribution < 1.29 is 14.7 Å². The lowest BCUT2D eigenvalue weighted by Crippen LogP contribution is -2.26. The second-order valence-corrected chi connectivity index (χ2v) is 5.09. The standard InChI is InChI=1S/C16H16N2O3/c19-16(18-20)13-2-1-12-10-15(4-3-11(12)9-13)21-14-5-7-17-8-6-14/h1-2,5-9,15,20H,3-4,10H2,(H,18,19). The third-order valence-electron chi connectivity index (χ3n) is 3.71. The van der Waals surface area contributed by atoms with Crippen molar-refractivity contribution in [1.29, 1.82) is 0 Å². The van der Waals surface area contributed by atoms with Crippen molar-refractivity contribution in [2.75, 3.05) is 0 Å². The second-order valence-electron chi connectivity index (χ2n) is 5.09. The number of benzene rings is 1. The number of carbonyl (C=O) groups excluding carboxylic acids is 1. The summed E-state index contributed by atoms with van der Waals surface area (Å²) in [5, 5.41) is 8.67. The van der Waals surface area contributed by atoms with Gasteiger partial charge in [-0.15, -0.1) is 0 Å². The first kappa shape index (κ1) is 13.6. The van der Waals surface area contributed by atoms with Gasteiger partial charge in [-0.25, -0.2) is 5.48 Å². The van der Waals surface area contributed by atoms with Crippen LogP contribution in [0.25, 0.3) is 0 Å². The van der Waals surface area contributed by atoms with E-state index in [4.69, 9.17) is 9.94 Å². The van der Waals surface area contributed by atoms with Crippen LogP contribution in [0, 0.1) is 0 Å². The minimum absolute atomic E-state index is 0.136. The van der Waals surface area contributed by atoms with E-state index in [1.54, 1.807) is 23.9 Å². The molecule has 5 heteroatoms. The summed E-state index contributed by atoms with van der Waals surface area (Å²) in [5.74, 6) is 0.350. The zero-order chi connectivity index (χ0) is 14.7. The first-order valence-corrected chi connectivity index (χ1v) is 6.89. The topological polar surface area (TPSA) is 71.5 Å². The van der Waals surface area contributed by atoms with E-state index in [9.17, 15) is 4.79 Å². The highest BCUT2D eigenvalue weighted by atomic mass is 16.5. The minimum atomic E-state index is -0.479. The molecule has 0 fully saturated rings. The Kier molecular flexibility index (Phi) is 3.83. The predicted octanol–water partition coefficient (Wildman–Crippen LogP) is 2.14. The van der Waals surface area contributed by atoms with Crippen molar-refractivity contribution >= 4 is 5.91 Å². The average molecular weight is 284 g/mol. The van der Waals surface area contributed by atoms with Crippen molar-refractivity contribution in [3.8, 4) is 5.75 Å². The lowest BCUT2D eigenvalue weighted by molar-refractivity contribution is 0.0706. The molecule has 1 aliphatic rings. The molecule has 21 heavy (non-hydrogen) atoms. The summed E-state index contributed by atoms with van der Waals surface area (Å²) in [5.41, 5.74) is 4.47. The average Bonchev–Trinajstić information content (AvgIpc) is 2.54. The molecule has 1 aromatic carbocycles.